The second-order valence-electron chi connectivity index (χ2n) is 6.92. The Morgan fingerprint density at radius 3 is 2.96 bits per heavy atom. The van der Waals surface area contributed by atoms with E-state index in [0.29, 0.717) is 31.1 Å². The minimum atomic E-state index is -0.254. The topological polar surface area (TPSA) is 64.4 Å². The Hall–Kier alpha value is -2.21. The number of morpholine rings is 1. The molecule has 2 aliphatic rings. The number of benzene rings is 1. The molecule has 126 valence electrons. The lowest BCUT2D eigenvalue weighted by Gasteiger charge is -2.45. The zero-order valence-corrected chi connectivity index (χ0v) is 13.8. The first kappa shape index (κ1) is 15.3. The molecule has 1 saturated heterocycles. The van der Waals surface area contributed by atoms with E-state index in [-0.39, 0.29) is 23.6 Å². The molecule has 0 radical (unpaired) electrons. The maximum Gasteiger partial charge on any atom is 0.275 e. The highest BCUT2D eigenvalue weighted by Gasteiger charge is 2.49. The van der Waals surface area contributed by atoms with Crippen molar-refractivity contribution in [3.63, 3.8) is 0 Å². The number of aromatic nitrogens is 2. The van der Waals surface area contributed by atoms with E-state index in [2.05, 4.69) is 12.0 Å². The number of amides is 1. The number of fused-ring (bicyclic) bond motifs is 1. The van der Waals surface area contributed by atoms with Gasteiger partial charge in [0.05, 0.1) is 30.3 Å². The molecule has 2 fully saturated rings. The van der Waals surface area contributed by atoms with Gasteiger partial charge in [-0.1, -0.05) is 18.2 Å². The van der Waals surface area contributed by atoms with E-state index >= 15 is 0 Å². The van der Waals surface area contributed by atoms with Crippen molar-refractivity contribution in [2.75, 3.05) is 19.8 Å². The van der Waals surface area contributed by atoms with Gasteiger partial charge >= 0.3 is 0 Å². The molecule has 2 aromatic rings. The first-order valence-electron chi connectivity index (χ1n) is 8.43. The number of carbonyl (C=O) groups is 1. The third-order valence-electron chi connectivity index (χ3n) is 5.27. The molecule has 1 aromatic carbocycles. The van der Waals surface area contributed by atoms with Gasteiger partial charge in [-0.2, -0.15) is 5.10 Å². The molecule has 0 N–H and O–H groups in total. The van der Waals surface area contributed by atoms with Crippen LogP contribution in [-0.4, -0.2) is 45.9 Å². The van der Waals surface area contributed by atoms with E-state index in [4.69, 9.17) is 4.74 Å². The van der Waals surface area contributed by atoms with Crippen LogP contribution in [0.15, 0.2) is 35.3 Å². The third-order valence-corrected chi connectivity index (χ3v) is 5.27. The van der Waals surface area contributed by atoms with Gasteiger partial charge in [-0.05, 0) is 31.7 Å². The Morgan fingerprint density at radius 1 is 1.38 bits per heavy atom. The van der Waals surface area contributed by atoms with E-state index < -0.39 is 0 Å². The summed E-state index contributed by atoms with van der Waals surface area (Å²) in [6.45, 7) is 3.77. The van der Waals surface area contributed by atoms with E-state index in [1.165, 1.54) is 4.68 Å². The van der Waals surface area contributed by atoms with Crippen molar-refractivity contribution in [1.82, 2.24) is 14.7 Å². The Morgan fingerprint density at radius 2 is 2.17 bits per heavy atom. The molecular formula is C18H21N3O3. The monoisotopic (exact) mass is 327 g/mol. The molecule has 1 saturated carbocycles. The molecule has 1 unspecified atom stereocenters. The number of nitrogens with zero attached hydrogens (tertiary/aromatic N) is 3. The van der Waals surface area contributed by atoms with E-state index in [0.717, 1.165) is 18.2 Å². The first-order chi connectivity index (χ1) is 11.6. The maximum atomic E-state index is 12.9. The van der Waals surface area contributed by atoms with E-state index in [1.54, 1.807) is 12.3 Å². The standard InChI is InChI=1S/C18H21N3O3/c1-18(14-6-7-14)12-24-9-8-20(18)16(22)11-21-17(23)15-5-3-2-4-13(15)10-19-21/h2-5,10,14H,6-9,11-12H2,1H3. The van der Waals surface area contributed by atoms with Gasteiger partial charge in [0, 0.05) is 11.9 Å². The third kappa shape index (κ3) is 2.51. The molecule has 24 heavy (non-hydrogen) atoms. The van der Waals surface area contributed by atoms with Crippen molar-refractivity contribution >= 4 is 16.7 Å². The predicted octanol–water partition coefficient (Wildman–Crippen LogP) is 1.42. The van der Waals surface area contributed by atoms with Gasteiger partial charge in [-0.25, -0.2) is 4.68 Å². The molecule has 1 atom stereocenters. The second-order valence-corrected chi connectivity index (χ2v) is 6.92. The molecule has 1 aliphatic carbocycles. The van der Waals surface area contributed by atoms with Gasteiger partial charge < -0.3 is 9.64 Å². The minimum absolute atomic E-state index is 0.0218. The van der Waals surface area contributed by atoms with Gasteiger partial charge in [0.1, 0.15) is 6.54 Å². The van der Waals surface area contributed by atoms with Crippen molar-refractivity contribution in [3.05, 3.63) is 40.8 Å². The van der Waals surface area contributed by atoms with E-state index in [1.807, 2.05) is 23.1 Å². The fraction of sp³-hybridized carbons (Fsp3) is 0.500. The molecule has 0 bridgehead atoms. The van der Waals surface area contributed by atoms with Crippen LogP contribution >= 0.6 is 0 Å². The maximum absolute atomic E-state index is 12.9. The molecule has 4 rings (SSSR count). The lowest BCUT2D eigenvalue weighted by Crippen LogP contribution is -2.59. The highest BCUT2D eigenvalue weighted by molar-refractivity contribution is 5.81. The van der Waals surface area contributed by atoms with Crippen molar-refractivity contribution in [2.45, 2.75) is 31.8 Å². The Balaban J connectivity index is 1.62. The van der Waals surface area contributed by atoms with Crippen LogP contribution in [0.1, 0.15) is 19.8 Å². The van der Waals surface area contributed by atoms with Crippen LogP contribution in [0.4, 0.5) is 0 Å². The van der Waals surface area contributed by atoms with Gasteiger partial charge in [-0.15, -0.1) is 0 Å². The van der Waals surface area contributed by atoms with Gasteiger partial charge in [0.2, 0.25) is 5.91 Å². The number of hydrogen-bond acceptors (Lipinski definition) is 4. The Bertz CT molecular complexity index is 843. The van der Waals surface area contributed by atoms with Gasteiger partial charge in [0.15, 0.2) is 0 Å². The molecule has 6 nitrogen and oxygen atoms in total. The van der Waals surface area contributed by atoms with Crippen molar-refractivity contribution in [1.29, 1.82) is 0 Å². The van der Waals surface area contributed by atoms with Crippen LogP contribution in [0.3, 0.4) is 0 Å². The average molecular weight is 327 g/mol. The first-order valence-corrected chi connectivity index (χ1v) is 8.43. The summed E-state index contributed by atoms with van der Waals surface area (Å²) in [5.74, 6) is 0.445. The zero-order chi connectivity index (χ0) is 16.7. The van der Waals surface area contributed by atoms with Crippen LogP contribution in [0.5, 0.6) is 0 Å². The van der Waals surface area contributed by atoms with E-state index in [9.17, 15) is 9.59 Å². The molecule has 1 aromatic heterocycles. The van der Waals surface area contributed by atoms with Gasteiger partial charge in [0.25, 0.3) is 5.56 Å². The average Bonchev–Trinajstić information content (AvgIpc) is 3.43. The Labute approximate surface area is 140 Å². The van der Waals surface area contributed by atoms with Crippen molar-refractivity contribution in [2.24, 2.45) is 5.92 Å². The fourth-order valence-corrected chi connectivity index (χ4v) is 3.67. The van der Waals surface area contributed by atoms with Crippen molar-refractivity contribution in [3.8, 4) is 0 Å². The summed E-state index contributed by atoms with van der Waals surface area (Å²) < 4.78 is 6.89. The molecule has 2 heterocycles. The van der Waals surface area contributed by atoms with Crippen LogP contribution in [0.25, 0.3) is 10.8 Å². The number of ether oxygens (including phenoxy) is 1. The Kier molecular flexibility index (Phi) is 3.64. The number of rotatable bonds is 3. The molecule has 0 spiro atoms. The van der Waals surface area contributed by atoms with Crippen LogP contribution in [-0.2, 0) is 16.1 Å². The minimum Gasteiger partial charge on any atom is -0.377 e. The molecule has 1 aliphatic heterocycles. The van der Waals surface area contributed by atoms with Crippen LogP contribution in [0, 0.1) is 5.92 Å². The summed E-state index contributed by atoms with van der Waals surface area (Å²) >= 11 is 0. The SMILES string of the molecule is CC1(C2CC2)COCCN1C(=O)Cn1ncc2ccccc2c1=O. The lowest BCUT2D eigenvalue weighted by atomic mass is 9.93. The highest BCUT2D eigenvalue weighted by Crippen LogP contribution is 2.44. The normalized spacial score (nSPS) is 24.3. The number of hydrogen-bond donors (Lipinski definition) is 0. The lowest BCUT2D eigenvalue weighted by molar-refractivity contribution is -0.150. The van der Waals surface area contributed by atoms with Crippen molar-refractivity contribution < 1.29 is 9.53 Å². The summed E-state index contributed by atoms with van der Waals surface area (Å²) in [5, 5.41) is 5.56. The summed E-state index contributed by atoms with van der Waals surface area (Å²) in [7, 11) is 0. The largest absolute Gasteiger partial charge is 0.377 e. The summed E-state index contributed by atoms with van der Waals surface area (Å²) in [4.78, 5) is 27.3. The fourth-order valence-electron chi connectivity index (χ4n) is 3.67. The zero-order valence-electron chi connectivity index (χ0n) is 13.8. The number of carbonyl (C=O) groups excluding carboxylic acids is 1. The van der Waals surface area contributed by atoms with Gasteiger partial charge in [-0.3, -0.25) is 9.59 Å². The smallest absolute Gasteiger partial charge is 0.275 e. The van der Waals surface area contributed by atoms with Crippen LogP contribution in [0.2, 0.25) is 0 Å². The second kappa shape index (κ2) is 5.70. The quantitative estimate of drug-likeness (QED) is 0.855. The molecular weight excluding hydrogens is 306 g/mol. The van der Waals surface area contributed by atoms with Crippen LogP contribution < -0.4 is 5.56 Å². The highest BCUT2D eigenvalue weighted by atomic mass is 16.5. The molecule has 1 amide bonds. The molecule has 6 heteroatoms. The summed E-state index contributed by atoms with van der Waals surface area (Å²) in [6.07, 6.45) is 3.92. The summed E-state index contributed by atoms with van der Waals surface area (Å²) in [6, 6.07) is 7.31. The predicted molar refractivity (Wildman–Crippen MR) is 89.7 cm³/mol. The summed E-state index contributed by atoms with van der Waals surface area (Å²) in [5.41, 5.74) is -0.474.